The van der Waals surface area contributed by atoms with Gasteiger partial charge in [-0.15, -0.1) is 18.3 Å². The second-order valence-corrected chi connectivity index (χ2v) is 12.5. The van der Waals surface area contributed by atoms with Crippen molar-refractivity contribution in [3.05, 3.63) is 84.2 Å². The third kappa shape index (κ3) is 9.06. The monoisotopic (exact) mass is 666 g/mol. The summed E-state index contributed by atoms with van der Waals surface area (Å²) in [6.07, 6.45) is -0.733. The predicted octanol–water partition coefficient (Wildman–Crippen LogP) is 8.00. The zero-order chi connectivity index (χ0) is 33.6. The number of alkyl halides is 3. The maximum Gasteiger partial charge on any atom is 0.573 e. The number of carbonyl (C=O) groups excluding carboxylic acids is 1. The second kappa shape index (κ2) is 14.9. The number of ether oxygens (including phenoxy) is 2. The van der Waals surface area contributed by atoms with Crippen LogP contribution >= 0.6 is 11.8 Å². The first-order chi connectivity index (χ1) is 22.5. The molecule has 248 valence electrons. The maximum absolute atomic E-state index is 12.9. The number of methoxy groups -OCH3 is 1. The van der Waals surface area contributed by atoms with E-state index in [0.717, 1.165) is 54.1 Å². The molecule has 3 aromatic carbocycles. The minimum absolute atomic E-state index is 0.0451. The summed E-state index contributed by atoms with van der Waals surface area (Å²) in [7, 11) is 1.65. The lowest BCUT2D eigenvalue weighted by Gasteiger charge is -2.24. The topological polar surface area (TPSA) is 93.9 Å². The van der Waals surface area contributed by atoms with E-state index >= 15 is 0 Å². The summed E-state index contributed by atoms with van der Waals surface area (Å²) < 4.78 is 48.1. The molecule has 0 bridgehead atoms. The summed E-state index contributed by atoms with van der Waals surface area (Å²) >= 11 is 1.58. The number of carbonyl (C=O) groups is 1. The molecule has 9 nitrogen and oxygen atoms in total. The summed E-state index contributed by atoms with van der Waals surface area (Å²) in [5.41, 5.74) is 4.72. The lowest BCUT2D eigenvalue weighted by Crippen LogP contribution is -2.33. The van der Waals surface area contributed by atoms with Crippen LogP contribution in [-0.2, 0) is 6.42 Å². The largest absolute Gasteiger partial charge is 0.573 e. The fourth-order valence-corrected chi connectivity index (χ4v) is 6.19. The molecule has 13 heteroatoms. The zero-order valence-electron chi connectivity index (χ0n) is 26.6. The molecular weight excluding hydrogens is 629 g/mol. The molecule has 1 aliphatic rings. The first kappa shape index (κ1) is 33.8. The summed E-state index contributed by atoms with van der Waals surface area (Å²) in [5.74, 6) is 2.13. The average molecular weight is 667 g/mol. The number of aliphatic imine (C=N–C) groups is 1. The van der Waals surface area contributed by atoms with Gasteiger partial charge in [-0.1, -0.05) is 55.9 Å². The molecule has 1 unspecified atom stereocenters. The highest BCUT2D eigenvalue weighted by Crippen LogP contribution is 2.35. The molecule has 1 aliphatic heterocycles. The lowest BCUT2D eigenvalue weighted by molar-refractivity contribution is -0.274. The van der Waals surface area contributed by atoms with Crippen molar-refractivity contribution in [2.24, 2.45) is 4.99 Å². The Morgan fingerprint density at radius 2 is 1.77 bits per heavy atom. The molecule has 1 saturated heterocycles. The van der Waals surface area contributed by atoms with Crippen LogP contribution in [0.25, 0.3) is 17.1 Å². The number of anilines is 1. The van der Waals surface area contributed by atoms with Crippen LogP contribution in [0.1, 0.15) is 50.7 Å². The van der Waals surface area contributed by atoms with E-state index in [1.807, 2.05) is 43.3 Å². The van der Waals surface area contributed by atoms with Crippen molar-refractivity contribution in [2.45, 2.75) is 58.4 Å². The third-order valence-electron chi connectivity index (χ3n) is 7.64. The number of halogens is 3. The van der Waals surface area contributed by atoms with E-state index in [4.69, 9.17) is 4.74 Å². The van der Waals surface area contributed by atoms with Crippen LogP contribution in [0, 0.1) is 0 Å². The normalized spacial score (nSPS) is 14.9. The maximum atomic E-state index is 12.9. The van der Waals surface area contributed by atoms with Crippen LogP contribution in [0.2, 0.25) is 0 Å². The van der Waals surface area contributed by atoms with Crippen molar-refractivity contribution in [1.82, 2.24) is 20.1 Å². The Labute approximate surface area is 276 Å². The molecule has 1 atom stereocenters. The molecule has 1 aromatic heterocycles. The van der Waals surface area contributed by atoms with E-state index < -0.39 is 6.36 Å². The first-order valence-electron chi connectivity index (χ1n) is 15.3. The molecule has 0 radical (unpaired) electrons. The number of nitrogens with one attached hydrogen (secondary N) is 1. The van der Waals surface area contributed by atoms with Gasteiger partial charge in [0.2, 0.25) is 0 Å². The number of aryl methyl sites for hydroxylation is 1. The van der Waals surface area contributed by atoms with Crippen molar-refractivity contribution in [1.29, 1.82) is 0 Å². The molecule has 2 amide bonds. The Morgan fingerprint density at radius 1 is 1.04 bits per heavy atom. The van der Waals surface area contributed by atoms with Gasteiger partial charge in [0.1, 0.15) is 17.8 Å². The second-order valence-electron chi connectivity index (χ2n) is 11.5. The highest BCUT2D eigenvalue weighted by Gasteiger charge is 2.31. The van der Waals surface area contributed by atoms with Crippen molar-refractivity contribution < 1.29 is 27.4 Å². The van der Waals surface area contributed by atoms with Crippen molar-refractivity contribution in [2.75, 3.05) is 24.3 Å². The summed E-state index contributed by atoms with van der Waals surface area (Å²) in [6.45, 7) is 7.05. The van der Waals surface area contributed by atoms with Crippen LogP contribution in [-0.4, -0.2) is 57.8 Å². The van der Waals surface area contributed by atoms with Gasteiger partial charge in [-0.25, -0.2) is 14.5 Å². The molecule has 0 saturated carbocycles. The fourth-order valence-electron chi connectivity index (χ4n) is 5.25. The van der Waals surface area contributed by atoms with Crippen molar-refractivity contribution in [3.63, 3.8) is 0 Å². The number of thioether (sulfide) groups is 1. The number of aromatic nitrogens is 3. The molecule has 4 aromatic rings. The number of hydrogen-bond acceptors (Lipinski definition) is 6. The average Bonchev–Trinajstić information content (AvgIpc) is 3.71. The number of amides is 2. The van der Waals surface area contributed by atoms with Crippen LogP contribution in [0.5, 0.6) is 11.5 Å². The number of nitrogens with zero attached hydrogens (tertiary/aromatic N) is 5. The van der Waals surface area contributed by atoms with Gasteiger partial charge in [0.05, 0.1) is 12.8 Å². The van der Waals surface area contributed by atoms with Gasteiger partial charge in [0, 0.05) is 35.7 Å². The number of rotatable bonds is 11. The quantitative estimate of drug-likeness (QED) is 0.173. The number of urea groups is 1. The molecule has 2 heterocycles. The number of benzene rings is 3. The Bertz CT molecular complexity index is 1690. The van der Waals surface area contributed by atoms with E-state index in [1.54, 1.807) is 18.9 Å². The smallest absolute Gasteiger partial charge is 0.497 e. The Morgan fingerprint density at radius 3 is 2.45 bits per heavy atom. The van der Waals surface area contributed by atoms with Gasteiger partial charge in [0.25, 0.3) is 0 Å². The molecule has 1 N–H and O–H groups in total. The van der Waals surface area contributed by atoms with Crippen LogP contribution < -0.4 is 19.7 Å². The minimum Gasteiger partial charge on any atom is -0.497 e. The van der Waals surface area contributed by atoms with E-state index in [2.05, 4.69) is 49.9 Å². The van der Waals surface area contributed by atoms with Crippen molar-refractivity contribution >= 4 is 28.6 Å². The Hall–Kier alpha value is -4.52. The summed E-state index contributed by atoms with van der Waals surface area (Å²) in [4.78, 5) is 23.7. The van der Waals surface area contributed by atoms with Gasteiger partial charge < -0.3 is 19.7 Å². The molecule has 0 aliphatic carbocycles. The van der Waals surface area contributed by atoms with Crippen LogP contribution in [0.3, 0.4) is 0 Å². The number of hydrogen-bond donors (Lipinski definition) is 1. The highest BCUT2D eigenvalue weighted by molar-refractivity contribution is 8.14. The van der Waals surface area contributed by atoms with Gasteiger partial charge in [-0.2, -0.15) is 4.99 Å². The molecule has 0 spiro atoms. The molecule has 5 rings (SSSR count). The van der Waals surface area contributed by atoms with E-state index in [-0.39, 0.29) is 17.8 Å². The predicted molar refractivity (Wildman–Crippen MR) is 179 cm³/mol. The first-order valence-corrected chi connectivity index (χ1v) is 16.3. The Balaban J connectivity index is 1.11. The minimum atomic E-state index is -4.74. The highest BCUT2D eigenvalue weighted by atomic mass is 32.2. The van der Waals surface area contributed by atoms with Gasteiger partial charge in [-0.05, 0) is 73.6 Å². The van der Waals surface area contributed by atoms with E-state index in [0.29, 0.717) is 22.6 Å². The van der Waals surface area contributed by atoms with Crippen molar-refractivity contribution in [3.8, 4) is 28.6 Å². The molecular formula is C34H37F3N6O3S. The van der Waals surface area contributed by atoms with Crippen LogP contribution in [0.4, 0.5) is 23.7 Å². The Kier molecular flexibility index (Phi) is 10.7. The summed E-state index contributed by atoms with van der Waals surface area (Å²) in [6, 6.07) is 19.0. The van der Waals surface area contributed by atoms with Gasteiger partial charge in [-0.3, -0.25) is 0 Å². The van der Waals surface area contributed by atoms with E-state index in [1.165, 1.54) is 40.8 Å². The molecule has 47 heavy (non-hydrogen) atoms. The van der Waals surface area contributed by atoms with Gasteiger partial charge in [0.15, 0.2) is 11.0 Å². The zero-order valence-corrected chi connectivity index (χ0v) is 27.4. The van der Waals surface area contributed by atoms with Gasteiger partial charge >= 0.3 is 12.4 Å². The fraction of sp³-hybridized carbons (Fsp3) is 0.353. The molecule has 1 fully saturated rings. The lowest BCUT2D eigenvalue weighted by atomic mass is 10.00. The standard InChI is InChI=1S/C34H37F3N6O3S/c1-22(2)29-17-16-28(45-4)20-30(29)42-18-19-47-33(42)40-32(44)39-23(3)6-5-7-24-8-10-25(11-9-24)31-38-21-43(41-31)26-12-14-27(15-13-26)46-34(35,36)37/h8-17,20-23H,5-7,18-19H2,1-4H3,(H,39,44). The SMILES string of the molecule is COc1ccc(C(C)C)c(N2CCSC2=NC(=O)NC(C)CCCc2ccc(-c3ncn(-c4ccc(OC(F)(F)F)cc4)n3)cc2)c1. The van der Waals surface area contributed by atoms with E-state index in [9.17, 15) is 18.0 Å². The van der Waals surface area contributed by atoms with Crippen LogP contribution in [0.15, 0.2) is 78.0 Å². The third-order valence-corrected chi connectivity index (χ3v) is 8.59. The number of amidine groups is 1. The summed E-state index contributed by atoms with van der Waals surface area (Å²) in [5, 5.41) is 8.17.